The molecule has 0 aliphatic heterocycles. The largest absolute Gasteiger partial charge is 0.496 e. The first kappa shape index (κ1) is 20.2. The minimum atomic E-state index is -0.601. The van der Waals surface area contributed by atoms with Crippen molar-refractivity contribution in [1.82, 2.24) is 14.9 Å². The van der Waals surface area contributed by atoms with Crippen molar-refractivity contribution >= 4 is 33.7 Å². The fraction of sp³-hybridized carbons (Fsp3) is 0.174. The van der Waals surface area contributed by atoms with E-state index in [0.717, 1.165) is 10.9 Å². The summed E-state index contributed by atoms with van der Waals surface area (Å²) in [4.78, 5) is 28.5. The van der Waals surface area contributed by atoms with Gasteiger partial charge in [0.1, 0.15) is 17.2 Å². The number of pyridine rings is 1. The highest BCUT2D eigenvalue weighted by molar-refractivity contribution is 6.01. The van der Waals surface area contributed by atoms with Crippen molar-refractivity contribution in [3.63, 3.8) is 0 Å². The Hall–Kier alpha value is -4.07. The number of hydrogen-bond donors (Lipinski definition) is 2. The second-order valence-electron chi connectivity index (χ2n) is 7.36. The normalized spacial score (nSPS) is 11.1. The van der Waals surface area contributed by atoms with E-state index in [1.807, 2.05) is 32.0 Å². The van der Waals surface area contributed by atoms with E-state index in [0.29, 0.717) is 28.2 Å². The van der Waals surface area contributed by atoms with Crippen LogP contribution >= 0.6 is 0 Å². The molecule has 0 saturated carbocycles. The number of aromatic nitrogens is 2. The Morgan fingerprint density at radius 3 is 2.61 bits per heavy atom. The number of nitrogens with one attached hydrogen (secondary N) is 1. The van der Waals surface area contributed by atoms with E-state index in [2.05, 4.69) is 10.3 Å². The predicted octanol–water partition coefficient (Wildman–Crippen LogP) is 4.06. The highest BCUT2D eigenvalue weighted by atomic mass is 16.5. The summed E-state index contributed by atoms with van der Waals surface area (Å²) in [5.74, 6) is 0.855. The van der Waals surface area contributed by atoms with Crippen LogP contribution in [0.2, 0.25) is 0 Å². The number of amides is 2. The van der Waals surface area contributed by atoms with Crippen LogP contribution in [0.15, 0.2) is 54.9 Å². The lowest BCUT2D eigenvalue weighted by Crippen LogP contribution is -2.33. The van der Waals surface area contributed by atoms with Crippen LogP contribution in [0.4, 0.5) is 4.79 Å². The van der Waals surface area contributed by atoms with E-state index < -0.39 is 5.91 Å². The van der Waals surface area contributed by atoms with Crippen molar-refractivity contribution in [2.45, 2.75) is 19.9 Å². The van der Waals surface area contributed by atoms with Crippen LogP contribution in [0.3, 0.4) is 0 Å². The fourth-order valence-corrected chi connectivity index (χ4v) is 3.40. The van der Waals surface area contributed by atoms with Gasteiger partial charge in [-0.15, -0.1) is 0 Å². The number of methoxy groups -OCH3 is 1. The molecule has 4 rings (SSSR count). The van der Waals surface area contributed by atoms with E-state index in [9.17, 15) is 9.59 Å². The van der Waals surface area contributed by atoms with Crippen LogP contribution in [0.5, 0.6) is 17.2 Å². The summed E-state index contributed by atoms with van der Waals surface area (Å²) >= 11 is 0. The number of primary amides is 1. The maximum atomic E-state index is 12.4. The molecule has 4 aromatic rings. The Morgan fingerprint density at radius 1 is 1.10 bits per heavy atom. The molecule has 3 N–H and O–H groups in total. The Kier molecular flexibility index (Phi) is 5.21. The van der Waals surface area contributed by atoms with Gasteiger partial charge in [-0.25, -0.2) is 4.79 Å². The molecule has 0 saturated heterocycles. The molecular formula is C23H22N4O4. The van der Waals surface area contributed by atoms with Gasteiger partial charge in [0, 0.05) is 35.3 Å². The molecule has 8 nitrogen and oxygen atoms in total. The summed E-state index contributed by atoms with van der Waals surface area (Å²) in [5.41, 5.74) is 7.11. The minimum absolute atomic E-state index is 0.0384. The van der Waals surface area contributed by atoms with Gasteiger partial charge in [-0.2, -0.15) is 0 Å². The molecule has 0 atom stereocenters. The van der Waals surface area contributed by atoms with E-state index >= 15 is 0 Å². The topological polar surface area (TPSA) is 108 Å². The van der Waals surface area contributed by atoms with E-state index in [1.165, 1.54) is 7.11 Å². The average molecular weight is 418 g/mol. The lowest BCUT2D eigenvalue weighted by molar-refractivity contribution is 0.0997. The van der Waals surface area contributed by atoms with Gasteiger partial charge < -0.3 is 20.5 Å². The smallest absolute Gasteiger partial charge is 0.326 e. The second kappa shape index (κ2) is 7.98. The summed E-state index contributed by atoms with van der Waals surface area (Å²) in [5, 5.41) is 4.36. The van der Waals surface area contributed by atoms with E-state index in [4.69, 9.17) is 15.2 Å². The van der Waals surface area contributed by atoms with Crippen LogP contribution in [0, 0.1) is 0 Å². The van der Waals surface area contributed by atoms with Gasteiger partial charge in [-0.3, -0.25) is 14.3 Å². The molecule has 0 bridgehead atoms. The second-order valence-corrected chi connectivity index (χ2v) is 7.36. The van der Waals surface area contributed by atoms with Crippen molar-refractivity contribution in [2.24, 2.45) is 5.73 Å². The minimum Gasteiger partial charge on any atom is -0.496 e. The number of hydrogen-bond acceptors (Lipinski definition) is 5. The SMILES string of the molecule is COc1cc2nccc(Oc3ccc4c(ccn4C(=O)NC(C)C)c3)c2cc1C(N)=O. The van der Waals surface area contributed by atoms with Crippen molar-refractivity contribution in [2.75, 3.05) is 7.11 Å². The molecular weight excluding hydrogens is 396 g/mol. The first-order valence-corrected chi connectivity index (χ1v) is 9.73. The monoisotopic (exact) mass is 418 g/mol. The van der Waals surface area contributed by atoms with Gasteiger partial charge >= 0.3 is 6.03 Å². The standard InChI is InChI=1S/C23H22N4O4/c1-13(2)26-23(29)27-9-7-14-10-15(4-5-19(14)27)31-20-6-8-25-18-12-21(30-3)17(22(24)28)11-16(18)20/h4-13H,1-3H3,(H2,24,28)(H,26,29). The molecule has 8 heteroatoms. The molecule has 0 fully saturated rings. The number of nitrogens with two attached hydrogens (primary N) is 1. The van der Waals surface area contributed by atoms with Crippen molar-refractivity contribution in [3.8, 4) is 17.2 Å². The van der Waals surface area contributed by atoms with E-state index in [1.54, 1.807) is 41.2 Å². The number of carbonyl (C=O) groups is 2. The van der Waals surface area contributed by atoms with Gasteiger partial charge in [0.05, 0.1) is 23.7 Å². The maximum absolute atomic E-state index is 12.4. The summed E-state index contributed by atoms with van der Waals surface area (Å²) in [7, 11) is 1.47. The van der Waals surface area contributed by atoms with Crippen molar-refractivity contribution in [3.05, 3.63) is 60.4 Å². The van der Waals surface area contributed by atoms with Crippen LogP contribution in [-0.4, -0.2) is 34.6 Å². The number of ether oxygens (including phenoxy) is 2. The van der Waals surface area contributed by atoms with Crippen molar-refractivity contribution < 1.29 is 19.1 Å². The zero-order valence-electron chi connectivity index (χ0n) is 17.4. The van der Waals surface area contributed by atoms with Crippen LogP contribution < -0.4 is 20.5 Å². The van der Waals surface area contributed by atoms with Crippen molar-refractivity contribution in [1.29, 1.82) is 0 Å². The lowest BCUT2D eigenvalue weighted by atomic mass is 10.1. The number of fused-ring (bicyclic) bond motifs is 2. The highest BCUT2D eigenvalue weighted by Crippen LogP contribution is 2.34. The molecule has 0 unspecified atom stereocenters. The number of rotatable bonds is 5. The number of nitrogens with zero attached hydrogens (tertiary/aromatic N) is 2. The Labute approximate surface area is 178 Å². The van der Waals surface area contributed by atoms with Gasteiger partial charge in [0.2, 0.25) is 0 Å². The zero-order valence-corrected chi connectivity index (χ0v) is 17.4. The first-order chi connectivity index (χ1) is 14.9. The third kappa shape index (κ3) is 3.87. The number of benzene rings is 2. The zero-order chi connectivity index (χ0) is 22.1. The number of carbonyl (C=O) groups excluding carboxylic acids is 2. The third-order valence-corrected chi connectivity index (χ3v) is 4.81. The first-order valence-electron chi connectivity index (χ1n) is 9.73. The molecule has 2 aromatic carbocycles. The average Bonchev–Trinajstić information content (AvgIpc) is 3.16. The molecule has 0 aliphatic carbocycles. The molecule has 158 valence electrons. The van der Waals surface area contributed by atoms with Crippen LogP contribution in [0.1, 0.15) is 24.2 Å². The Bertz CT molecular complexity index is 1310. The van der Waals surface area contributed by atoms with Gasteiger partial charge in [0.25, 0.3) is 5.91 Å². The fourth-order valence-electron chi connectivity index (χ4n) is 3.40. The van der Waals surface area contributed by atoms with Gasteiger partial charge in [-0.1, -0.05) is 0 Å². The Morgan fingerprint density at radius 2 is 1.90 bits per heavy atom. The summed E-state index contributed by atoms with van der Waals surface area (Å²) < 4.78 is 12.9. The van der Waals surface area contributed by atoms with Gasteiger partial charge in [0.15, 0.2) is 0 Å². The third-order valence-electron chi connectivity index (χ3n) is 4.81. The molecule has 2 heterocycles. The molecule has 0 spiro atoms. The predicted molar refractivity (Wildman–Crippen MR) is 118 cm³/mol. The molecule has 0 aliphatic rings. The quantitative estimate of drug-likeness (QED) is 0.508. The molecule has 0 radical (unpaired) electrons. The van der Waals surface area contributed by atoms with Crippen LogP contribution in [-0.2, 0) is 0 Å². The summed E-state index contributed by atoms with van der Waals surface area (Å²) in [6.45, 7) is 3.82. The van der Waals surface area contributed by atoms with Crippen LogP contribution in [0.25, 0.3) is 21.8 Å². The summed E-state index contributed by atoms with van der Waals surface area (Å²) in [6.07, 6.45) is 3.34. The Balaban J connectivity index is 1.71. The molecule has 31 heavy (non-hydrogen) atoms. The maximum Gasteiger partial charge on any atom is 0.326 e. The summed E-state index contributed by atoms with van der Waals surface area (Å²) in [6, 6.07) is 12.1. The van der Waals surface area contributed by atoms with E-state index in [-0.39, 0.29) is 17.6 Å². The molecule has 2 aromatic heterocycles. The lowest BCUT2D eigenvalue weighted by Gasteiger charge is -2.12. The van der Waals surface area contributed by atoms with Gasteiger partial charge in [-0.05, 0) is 50.2 Å². The molecule has 2 amide bonds. The highest BCUT2D eigenvalue weighted by Gasteiger charge is 2.15.